The maximum Gasteiger partial charge on any atom is 0.334 e. The lowest BCUT2D eigenvalue weighted by Gasteiger charge is -2.06. The van der Waals surface area contributed by atoms with E-state index >= 15 is 0 Å². The van der Waals surface area contributed by atoms with Crippen LogP contribution in [0.5, 0.6) is 5.88 Å². The normalized spacial score (nSPS) is 22.5. The van der Waals surface area contributed by atoms with Gasteiger partial charge in [-0.25, -0.2) is 13.8 Å². The third-order valence-electron chi connectivity index (χ3n) is 4.20. The Kier molecular flexibility index (Phi) is 4.37. The van der Waals surface area contributed by atoms with Gasteiger partial charge in [0, 0.05) is 0 Å². The summed E-state index contributed by atoms with van der Waals surface area (Å²) in [6, 6.07) is 0. The van der Waals surface area contributed by atoms with Crippen molar-refractivity contribution in [1.82, 2.24) is 9.13 Å². The molecule has 1 heterocycles. The molecule has 6 nitrogen and oxygen atoms in total. The molecule has 0 aliphatic heterocycles. The zero-order chi connectivity index (χ0) is 17.4. The van der Waals surface area contributed by atoms with Crippen LogP contribution < -0.4 is 5.69 Å². The van der Waals surface area contributed by atoms with Gasteiger partial charge in [0.05, 0.1) is 24.5 Å². The van der Waals surface area contributed by atoms with Crippen molar-refractivity contribution in [3.05, 3.63) is 28.6 Å². The van der Waals surface area contributed by atoms with Crippen molar-refractivity contribution in [1.29, 1.82) is 0 Å². The number of hydrogen-bond donors (Lipinski definition) is 1. The van der Waals surface area contributed by atoms with E-state index in [1.165, 1.54) is 19.2 Å². The summed E-state index contributed by atoms with van der Waals surface area (Å²) in [6.45, 7) is 4.60. The Balaban J connectivity index is 2.05. The van der Waals surface area contributed by atoms with E-state index in [-0.39, 0.29) is 24.2 Å². The first kappa shape index (κ1) is 16.9. The maximum atomic E-state index is 13.0. The molecule has 0 bridgehead atoms. The first-order valence-electron chi connectivity index (χ1n) is 7.13. The van der Waals surface area contributed by atoms with Gasteiger partial charge in [-0.2, -0.15) is 0 Å². The average molecular weight is 322 g/mol. The summed E-state index contributed by atoms with van der Waals surface area (Å²) in [4.78, 5) is 24.1. The summed E-state index contributed by atoms with van der Waals surface area (Å²) in [5.74, 6) is 0.344. The van der Waals surface area contributed by atoms with Crippen LogP contribution in [-0.4, -0.2) is 20.2 Å². The summed E-state index contributed by atoms with van der Waals surface area (Å²) in [5, 5.41) is 9.70. The largest absolute Gasteiger partial charge is 0.493 e. The van der Waals surface area contributed by atoms with Gasteiger partial charge in [0.15, 0.2) is 6.73 Å². The molecule has 1 aliphatic carbocycles. The molecule has 1 aromatic heterocycles. The zero-order valence-electron chi connectivity index (χ0n) is 13.2. The van der Waals surface area contributed by atoms with E-state index in [1.807, 2.05) is 13.8 Å². The van der Waals surface area contributed by atoms with Crippen LogP contribution in [0.25, 0.3) is 0 Å². The number of terminal acetylenes is 1. The topological polar surface area (TPSA) is 73.5 Å². The van der Waals surface area contributed by atoms with E-state index in [0.29, 0.717) is 0 Å². The first-order valence-corrected chi connectivity index (χ1v) is 7.13. The zero-order valence-corrected chi connectivity index (χ0v) is 13.2. The summed E-state index contributed by atoms with van der Waals surface area (Å²) in [5.41, 5.74) is -0.966. The molecule has 0 saturated heterocycles. The summed E-state index contributed by atoms with van der Waals surface area (Å²) in [7, 11) is 0. The molecule has 1 unspecified atom stereocenters. The molecule has 1 aromatic rings. The molecular weight excluding hydrogens is 303 g/mol. The number of carbonyl (C=O) groups excluding carboxylic acids is 1. The minimum Gasteiger partial charge on any atom is -0.493 e. The average Bonchev–Trinajstić information content (AvgIpc) is 2.85. The van der Waals surface area contributed by atoms with E-state index in [9.17, 15) is 19.1 Å². The van der Waals surface area contributed by atoms with Crippen LogP contribution in [0, 0.1) is 29.6 Å². The van der Waals surface area contributed by atoms with Gasteiger partial charge in [-0.15, -0.1) is 6.42 Å². The first-order chi connectivity index (χ1) is 10.7. The lowest BCUT2D eigenvalue weighted by molar-refractivity contribution is -0.150. The summed E-state index contributed by atoms with van der Waals surface area (Å²) < 4.78 is 20.1. The number of hydrogen-bond acceptors (Lipinski definition) is 4. The fourth-order valence-corrected chi connectivity index (χ4v) is 2.75. The Morgan fingerprint density at radius 1 is 1.61 bits per heavy atom. The number of nitrogens with zero attached hydrogens (tertiary/aromatic N) is 2. The standard InChI is InChI=1S/C16H19FN2O4/c1-5-6-18-8-12(20)19(15(18)22)9-23-14(21)13-11(7-10(2)17)16(13,3)4/h1,7-8,11,13,20H,6,9H2,2-4H3/t11?,13-/m0/s1. The van der Waals surface area contributed by atoms with Crippen molar-refractivity contribution >= 4 is 5.97 Å². The van der Waals surface area contributed by atoms with E-state index in [1.54, 1.807) is 0 Å². The van der Waals surface area contributed by atoms with Crippen LogP contribution in [-0.2, 0) is 22.8 Å². The van der Waals surface area contributed by atoms with E-state index < -0.39 is 29.7 Å². The molecule has 0 radical (unpaired) electrons. The molecule has 1 fully saturated rings. The molecule has 1 aliphatic rings. The number of ether oxygens (including phenoxy) is 1. The van der Waals surface area contributed by atoms with Gasteiger partial charge >= 0.3 is 11.7 Å². The number of aromatic nitrogens is 2. The Bertz CT molecular complexity index is 747. The van der Waals surface area contributed by atoms with Gasteiger partial charge < -0.3 is 9.84 Å². The predicted molar refractivity (Wildman–Crippen MR) is 80.9 cm³/mol. The molecule has 2 rings (SSSR count). The Morgan fingerprint density at radius 3 is 2.83 bits per heavy atom. The van der Waals surface area contributed by atoms with Crippen molar-refractivity contribution in [3.63, 3.8) is 0 Å². The SMILES string of the molecule is C#CCn1cc(O)n(COC(=O)[C@@H]2C(C=C(C)F)C2(C)C)c1=O. The fraction of sp³-hybridized carbons (Fsp3) is 0.500. The highest BCUT2D eigenvalue weighted by molar-refractivity contribution is 5.78. The second-order valence-electron chi connectivity index (χ2n) is 6.20. The highest BCUT2D eigenvalue weighted by Crippen LogP contribution is 2.59. The third kappa shape index (κ3) is 3.16. The van der Waals surface area contributed by atoms with Gasteiger partial charge in [0.1, 0.15) is 0 Å². The van der Waals surface area contributed by atoms with Crippen LogP contribution in [0.2, 0.25) is 0 Å². The van der Waals surface area contributed by atoms with Crippen LogP contribution >= 0.6 is 0 Å². The lowest BCUT2D eigenvalue weighted by Crippen LogP contribution is -2.26. The minimum absolute atomic E-state index is 0.00560. The molecule has 1 N–H and O–H groups in total. The Hall–Kier alpha value is -2.49. The molecule has 0 aromatic carbocycles. The van der Waals surface area contributed by atoms with Gasteiger partial charge in [0.25, 0.3) is 0 Å². The minimum atomic E-state index is -0.570. The molecule has 0 amide bonds. The number of halogens is 1. The summed E-state index contributed by atoms with van der Waals surface area (Å²) in [6.07, 6.45) is 7.70. The van der Waals surface area contributed by atoms with Crippen molar-refractivity contribution in [3.8, 4) is 18.2 Å². The molecule has 1 saturated carbocycles. The number of imidazole rings is 1. The maximum absolute atomic E-state index is 13.0. The second kappa shape index (κ2) is 5.95. The molecule has 7 heteroatoms. The van der Waals surface area contributed by atoms with Crippen LogP contribution in [0.1, 0.15) is 20.8 Å². The fourth-order valence-electron chi connectivity index (χ4n) is 2.75. The Morgan fingerprint density at radius 2 is 2.26 bits per heavy atom. The highest BCUT2D eigenvalue weighted by atomic mass is 19.1. The molecule has 2 atom stereocenters. The monoisotopic (exact) mass is 322 g/mol. The smallest absolute Gasteiger partial charge is 0.334 e. The molecule has 23 heavy (non-hydrogen) atoms. The van der Waals surface area contributed by atoms with Crippen molar-refractivity contribution in [2.24, 2.45) is 17.3 Å². The third-order valence-corrected chi connectivity index (χ3v) is 4.20. The van der Waals surface area contributed by atoms with Crippen molar-refractivity contribution in [2.45, 2.75) is 34.0 Å². The predicted octanol–water partition coefficient (Wildman–Crippen LogP) is 1.63. The summed E-state index contributed by atoms with van der Waals surface area (Å²) >= 11 is 0. The van der Waals surface area contributed by atoms with Crippen molar-refractivity contribution in [2.75, 3.05) is 0 Å². The van der Waals surface area contributed by atoms with Gasteiger partial charge in [-0.05, 0) is 24.3 Å². The lowest BCUT2D eigenvalue weighted by atomic mass is 10.1. The number of esters is 1. The quantitative estimate of drug-likeness (QED) is 0.660. The van der Waals surface area contributed by atoms with E-state index in [4.69, 9.17) is 11.2 Å². The Labute approximate surface area is 133 Å². The molecule has 124 valence electrons. The van der Waals surface area contributed by atoms with E-state index in [0.717, 1.165) is 9.13 Å². The number of allylic oxidation sites excluding steroid dienone is 2. The molecular formula is C16H19FN2O4. The van der Waals surface area contributed by atoms with Gasteiger partial charge in [-0.1, -0.05) is 19.8 Å². The van der Waals surface area contributed by atoms with Crippen LogP contribution in [0.3, 0.4) is 0 Å². The number of aromatic hydroxyl groups is 1. The number of carbonyl (C=O) groups is 1. The van der Waals surface area contributed by atoms with Crippen LogP contribution in [0.4, 0.5) is 4.39 Å². The molecule has 0 spiro atoms. The van der Waals surface area contributed by atoms with Gasteiger partial charge in [-0.3, -0.25) is 9.36 Å². The van der Waals surface area contributed by atoms with Gasteiger partial charge in [0.2, 0.25) is 5.88 Å². The van der Waals surface area contributed by atoms with Crippen LogP contribution in [0.15, 0.2) is 22.9 Å². The second-order valence-corrected chi connectivity index (χ2v) is 6.20. The van der Waals surface area contributed by atoms with E-state index in [2.05, 4.69) is 5.92 Å². The number of rotatable bonds is 5. The highest BCUT2D eigenvalue weighted by Gasteiger charge is 2.61. The van der Waals surface area contributed by atoms with Crippen molar-refractivity contribution < 1.29 is 19.0 Å².